The fourth-order valence-corrected chi connectivity index (χ4v) is 4.94. The Hall–Kier alpha value is -2.55. The van der Waals surface area contributed by atoms with Crippen molar-refractivity contribution >= 4 is 22.6 Å². The number of aryl methyl sites for hydroxylation is 1. The third kappa shape index (κ3) is 2.33. The van der Waals surface area contributed by atoms with Gasteiger partial charge in [0.05, 0.1) is 29.3 Å². The minimum Gasteiger partial charge on any atom is -0.477 e. The molecule has 9 heteroatoms. The number of nitrogens with zero attached hydrogens (tertiary/aromatic N) is 2. The van der Waals surface area contributed by atoms with Crippen LogP contribution in [0.4, 0.5) is 18.9 Å². The van der Waals surface area contributed by atoms with Gasteiger partial charge in [-0.05, 0) is 31.4 Å². The molecule has 2 aliphatic carbocycles. The van der Waals surface area contributed by atoms with Crippen molar-refractivity contribution in [3.63, 3.8) is 0 Å². The molecule has 3 aliphatic rings. The Morgan fingerprint density at radius 3 is 2.52 bits per heavy atom. The van der Waals surface area contributed by atoms with Crippen molar-refractivity contribution in [3.05, 3.63) is 39.4 Å². The van der Waals surface area contributed by atoms with Gasteiger partial charge in [-0.15, -0.1) is 0 Å². The van der Waals surface area contributed by atoms with Crippen LogP contribution in [0.15, 0.2) is 17.1 Å². The maximum atomic E-state index is 15.1. The largest absolute Gasteiger partial charge is 0.477 e. The SMILES string of the molecule is Cc1c(N2C[C@]3(N)CC[C@]3(F)C2)c(F)cc2c(=O)c(C(=O)O)cn([C@@H]3C[C@@H]3F)c12. The first-order valence-electron chi connectivity index (χ1n) is 9.54. The van der Waals surface area contributed by atoms with Gasteiger partial charge in [0, 0.05) is 24.5 Å². The number of carboxylic acid groups (broad SMARTS) is 1. The average Bonchev–Trinajstić information content (AvgIpc) is 3.33. The Balaban J connectivity index is 1.75. The zero-order valence-corrected chi connectivity index (χ0v) is 15.7. The van der Waals surface area contributed by atoms with Crippen LogP contribution in [-0.2, 0) is 0 Å². The molecule has 29 heavy (non-hydrogen) atoms. The second kappa shape index (κ2) is 5.53. The number of nitrogens with two attached hydrogens (primary N) is 1. The van der Waals surface area contributed by atoms with Crippen LogP contribution < -0.4 is 16.1 Å². The van der Waals surface area contributed by atoms with Crippen molar-refractivity contribution in [2.45, 2.75) is 49.6 Å². The third-order valence-corrected chi connectivity index (χ3v) is 6.84. The number of alkyl halides is 2. The van der Waals surface area contributed by atoms with Gasteiger partial charge >= 0.3 is 5.97 Å². The number of rotatable bonds is 3. The van der Waals surface area contributed by atoms with E-state index in [1.807, 2.05) is 0 Å². The molecule has 5 rings (SSSR count). The van der Waals surface area contributed by atoms with Crippen molar-refractivity contribution in [2.24, 2.45) is 5.73 Å². The van der Waals surface area contributed by atoms with Gasteiger partial charge in [-0.3, -0.25) is 4.79 Å². The normalized spacial score (nSPS) is 32.9. The Morgan fingerprint density at radius 1 is 1.34 bits per heavy atom. The summed E-state index contributed by atoms with van der Waals surface area (Å²) < 4.78 is 45.4. The van der Waals surface area contributed by atoms with Gasteiger partial charge in [-0.2, -0.15) is 0 Å². The molecule has 0 spiro atoms. The number of pyridine rings is 1. The van der Waals surface area contributed by atoms with E-state index in [0.717, 1.165) is 12.3 Å². The van der Waals surface area contributed by atoms with E-state index >= 15 is 8.78 Å². The summed E-state index contributed by atoms with van der Waals surface area (Å²) in [5.41, 5.74) is 2.92. The molecular weight excluding hydrogens is 387 g/mol. The van der Waals surface area contributed by atoms with Crippen molar-refractivity contribution in [2.75, 3.05) is 18.0 Å². The highest BCUT2D eigenvalue weighted by Gasteiger charge is 2.64. The van der Waals surface area contributed by atoms with E-state index in [0.29, 0.717) is 18.4 Å². The zero-order valence-electron chi connectivity index (χ0n) is 15.7. The van der Waals surface area contributed by atoms with Crippen LogP contribution in [0.3, 0.4) is 0 Å². The highest BCUT2D eigenvalue weighted by atomic mass is 19.1. The van der Waals surface area contributed by atoms with E-state index in [1.54, 1.807) is 11.8 Å². The monoisotopic (exact) mass is 407 g/mol. The molecule has 0 amide bonds. The maximum absolute atomic E-state index is 15.1. The summed E-state index contributed by atoms with van der Waals surface area (Å²) in [5.74, 6) is -2.20. The molecule has 6 nitrogen and oxygen atoms in total. The van der Waals surface area contributed by atoms with Crippen LogP contribution in [0.1, 0.15) is 41.2 Å². The number of halogens is 3. The lowest BCUT2D eigenvalue weighted by molar-refractivity contribution is 0.00445. The smallest absolute Gasteiger partial charge is 0.341 e. The van der Waals surface area contributed by atoms with Gasteiger partial charge in [-0.25, -0.2) is 18.0 Å². The molecule has 1 saturated heterocycles. The second-order valence-corrected chi connectivity index (χ2v) is 8.61. The van der Waals surface area contributed by atoms with Crippen molar-refractivity contribution in [1.82, 2.24) is 4.57 Å². The van der Waals surface area contributed by atoms with E-state index in [1.165, 1.54) is 4.57 Å². The molecular formula is C20H20F3N3O3. The average molecular weight is 407 g/mol. The highest BCUT2D eigenvalue weighted by molar-refractivity contribution is 5.95. The summed E-state index contributed by atoms with van der Waals surface area (Å²) in [4.78, 5) is 25.7. The van der Waals surface area contributed by atoms with E-state index in [4.69, 9.17) is 5.73 Å². The van der Waals surface area contributed by atoms with Gasteiger partial charge in [0.2, 0.25) is 5.43 Å². The molecule has 0 radical (unpaired) electrons. The van der Waals surface area contributed by atoms with E-state index in [-0.39, 0.29) is 36.1 Å². The number of aromatic carboxylic acids is 1. The number of carboxylic acids is 1. The van der Waals surface area contributed by atoms with Gasteiger partial charge in [0.25, 0.3) is 0 Å². The molecule has 154 valence electrons. The molecule has 0 bridgehead atoms. The highest BCUT2D eigenvalue weighted by Crippen LogP contribution is 2.51. The van der Waals surface area contributed by atoms with E-state index < -0.39 is 46.2 Å². The van der Waals surface area contributed by atoms with Crippen LogP contribution >= 0.6 is 0 Å². The first-order chi connectivity index (χ1) is 13.6. The number of fused-ring (bicyclic) bond motifs is 2. The standard InChI is InChI=1S/C20H20F3N3O3/c1-9-15-10(17(27)11(18(28)29)6-26(15)14-5-12(14)21)4-13(22)16(9)25-7-19(23)2-3-20(19,24)8-25/h4,6,12,14H,2-3,5,7-8,24H2,1H3,(H,28,29)/t12-,14+,19-,20+/m0/s1. The molecule has 2 heterocycles. The number of benzene rings is 1. The minimum atomic E-state index is -1.59. The first-order valence-corrected chi connectivity index (χ1v) is 9.54. The summed E-state index contributed by atoms with van der Waals surface area (Å²) in [6.45, 7) is 1.67. The molecule has 3 fully saturated rings. The summed E-state index contributed by atoms with van der Waals surface area (Å²) in [5, 5.41) is 9.22. The lowest BCUT2D eigenvalue weighted by atomic mass is 9.67. The third-order valence-electron chi connectivity index (χ3n) is 6.84. The fourth-order valence-electron chi connectivity index (χ4n) is 4.94. The van der Waals surface area contributed by atoms with Gasteiger partial charge < -0.3 is 20.3 Å². The summed E-state index contributed by atoms with van der Waals surface area (Å²) in [7, 11) is 0. The van der Waals surface area contributed by atoms with Crippen LogP contribution in [-0.4, -0.2) is 46.1 Å². The van der Waals surface area contributed by atoms with Gasteiger partial charge in [0.1, 0.15) is 23.2 Å². The van der Waals surface area contributed by atoms with Crippen LogP contribution in [0.5, 0.6) is 0 Å². The summed E-state index contributed by atoms with van der Waals surface area (Å²) in [6.07, 6.45) is 0.964. The molecule has 3 N–H and O–H groups in total. The number of hydrogen-bond donors (Lipinski definition) is 2. The number of anilines is 1. The van der Waals surface area contributed by atoms with E-state index in [2.05, 4.69) is 0 Å². The Labute approximate surface area is 163 Å². The molecule has 1 aromatic carbocycles. The quantitative estimate of drug-likeness (QED) is 0.816. The summed E-state index contributed by atoms with van der Waals surface area (Å²) in [6, 6.07) is 0.365. The van der Waals surface area contributed by atoms with Crippen LogP contribution in [0.25, 0.3) is 10.9 Å². The van der Waals surface area contributed by atoms with Crippen LogP contribution in [0, 0.1) is 12.7 Å². The predicted molar refractivity (Wildman–Crippen MR) is 101 cm³/mol. The maximum Gasteiger partial charge on any atom is 0.341 e. The van der Waals surface area contributed by atoms with Gasteiger partial charge in [-0.1, -0.05) is 0 Å². The Kier molecular flexibility index (Phi) is 3.52. The first kappa shape index (κ1) is 18.5. The van der Waals surface area contributed by atoms with Crippen molar-refractivity contribution in [1.29, 1.82) is 0 Å². The molecule has 2 aromatic rings. The summed E-state index contributed by atoms with van der Waals surface area (Å²) >= 11 is 0. The van der Waals surface area contributed by atoms with Crippen molar-refractivity contribution in [3.8, 4) is 0 Å². The Bertz CT molecular complexity index is 1130. The number of hydrogen-bond acceptors (Lipinski definition) is 4. The van der Waals surface area contributed by atoms with E-state index in [9.17, 15) is 19.1 Å². The molecule has 0 unspecified atom stereocenters. The van der Waals surface area contributed by atoms with Crippen LogP contribution in [0.2, 0.25) is 0 Å². The topological polar surface area (TPSA) is 88.6 Å². The molecule has 1 aromatic heterocycles. The van der Waals surface area contributed by atoms with Crippen molar-refractivity contribution < 1.29 is 23.1 Å². The lowest BCUT2D eigenvalue weighted by Crippen LogP contribution is -2.65. The zero-order chi connectivity index (χ0) is 20.9. The predicted octanol–water partition coefficient (Wildman–Crippen LogP) is 2.45. The lowest BCUT2D eigenvalue weighted by Gasteiger charge is -2.45. The molecule has 1 aliphatic heterocycles. The molecule has 2 saturated carbocycles. The minimum absolute atomic E-state index is 0.0562. The Morgan fingerprint density at radius 2 is 2.03 bits per heavy atom. The molecule has 4 atom stereocenters. The van der Waals surface area contributed by atoms with Gasteiger partial charge in [0.15, 0.2) is 0 Å². The number of carbonyl (C=O) groups is 1. The number of aromatic nitrogens is 1. The second-order valence-electron chi connectivity index (χ2n) is 8.61. The fraction of sp³-hybridized carbons (Fsp3) is 0.500.